The van der Waals surface area contributed by atoms with E-state index in [0.717, 1.165) is 23.4 Å². The molecule has 0 bridgehead atoms. The number of amides is 2. The average Bonchev–Trinajstić information content (AvgIpc) is 3.30. The van der Waals surface area contributed by atoms with E-state index in [9.17, 15) is 9.59 Å². The van der Waals surface area contributed by atoms with Crippen LogP contribution < -0.4 is 10.2 Å². The molecular formula is C22H20N2O2S. The number of fused-ring (bicyclic) bond motifs is 1. The molecule has 0 saturated carbocycles. The van der Waals surface area contributed by atoms with Gasteiger partial charge in [-0.15, -0.1) is 11.3 Å². The van der Waals surface area contributed by atoms with Crippen molar-refractivity contribution in [3.05, 3.63) is 87.6 Å². The third-order valence-corrected chi connectivity index (χ3v) is 5.85. The Bertz CT molecular complexity index is 951. The van der Waals surface area contributed by atoms with Crippen LogP contribution in [0.4, 0.5) is 5.69 Å². The molecule has 0 saturated heterocycles. The molecule has 136 valence electrons. The van der Waals surface area contributed by atoms with Crippen LogP contribution in [0.15, 0.2) is 66.7 Å². The molecule has 2 heterocycles. The van der Waals surface area contributed by atoms with Gasteiger partial charge < -0.3 is 10.2 Å². The minimum atomic E-state index is -0.0718. The number of nitrogens with zero attached hydrogens (tertiary/aromatic N) is 1. The van der Waals surface area contributed by atoms with Crippen LogP contribution in [-0.4, -0.2) is 24.9 Å². The van der Waals surface area contributed by atoms with Gasteiger partial charge in [0, 0.05) is 30.0 Å². The highest BCUT2D eigenvalue weighted by Crippen LogP contribution is 2.36. The maximum Gasteiger partial charge on any atom is 0.261 e. The first-order valence-electron chi connectivity index (χ1n) is 9.04. The van der Waals surface area contributed by atoms with Gasteiger partial charge in [-0.2, -0.15) is 0 Å². The fourth-order valence-electron chi connectivity index (χ4n) is 3.27. The maximum atomic E-state index is 12.7. The number of thiophene rings is 1. The molecule has 27 heavy (non-hydrogen) atoms. The summed E-state index contributed by atoms with van der Waals surface area (Å²) >= 11 is 1.49. The average molecular weight is 376 g/mol. The highest BCUT2D eigenvalue weighted by atomic mass is 32.1. The highest BCUT2D eigenvalue weighted by Gasteiger charge is 2.29. The smallest absolute Gasteiger partial charge is 0.261 e. The number of nitrogens with one attached hydrogen (secondary N) is 1. The van der Waals surface area contributed by atoms with Crippen molar-refractivity contribution in [3.63, 3.8) is 0 Å². The molecule has 5 heteroatoms. The third kappa shape index (κ3) is 3.78. The second-order valence-electron chi connectivity index (χ2n) is 6.48. The Morgan fingerprint density at radius 2 is 1.70 bits per heavy atom. The van der Waals surface area contributed by atoms with Crippen molar-refractivity contribution < 1.29 is 9.59 Å². The molecular weight excluding hydrogens is 356 g/mol. The Labute approximate surface area is 162 Å². The zero-order chi connectivity index (χ0) is 18.6. The SMILES string of the molecule is O=C(NCCc1ccccc1)c1cc2c(s1)CCN2C(=O)c1ccccc1. The second-order valence-corrected chi connectivity index (χ2v) is 7.62. The Morgan fingerprint density at radius 3 is 2.44 bits per heavy atom. The van der Waals surface area contributed by atoms with Gasteiger partial charge in [-0.05, 0) is 30.2 Å². The van der Waals surface area contributed by atoms with Crippen LogP contribution >= 0.6 is 11.3 Å². The van der Waals surface area contributed by atoms with Crippen molar-refractivity contribution in [1.29, 1.82) is 0 Å². The van der Waals surface area contributed by atoms with Gasteiger partial charge >= 0.3 is 0 Å². The molecule has 0 radical (unpaired) electrons. The van der Waals surface area contributed by atoms with Crippen LogP contribution in [0.5, 0.6) is 0 Å². The number of carbonyl (C=O) groups excluding carboxylic acids is 2. The third-order valence-electron chi connectivity index (χ3n) is 4.67. The van der Waals surface area contributed by atoms with Gasteiger partial charge in [0.15, 0.2) is 0 Å². The number of carbonyl (C=O) groups is 2. The maximum absolute atomic E-state index is 12.7. The van der Waals surface area contributed by atoms with Gasteiger partial charge in [-0.3, -0.25) is 9.59 Å². The van der Waals surface area contributed by atoms with E-state index in [-0.39, 0.29) is 11.8 Å². The summed E-state index contributed by atoms with van der Waals surface area (Å²) in [5.41, 5.74) is 2.75. The van der Waals surface area contributed by atoms with Crippen LogP contribution in [0.25, 0.3) is 0 Å². The van der Waals surface area contributed by atoms with Gasteiger partial charge in [0.05, 0.1) is 10.6 Å². The number of rotatable bonds is 5. The zero-order valence-electron chi connectivity index (χ0n) is 14.9. The normalized spacial score (nSPS) is 12.7. The summed E-state index contributed by atoms with van der Waals surface area (Å²) in [6.07, 6.45) is 1.60. The molecule has 1 aliphatic heterocycles. The van der Waals surface area contributed by atoms with Gasteiger partial charge in [0.25, 0.3) is 11.8 Å². The summed E-state index contributed by atoms with van der Waals surface area (Å²) in [5.74, 6) is -0.0828. The topological polar surface area (TPSA) is 49.4 Å². The first-order chi connectivity index (χ1) is 13.2. The first-order valence-corrected chi connectivity index (χ1v) is 9.86. The molecule has 3 aromatic rings. The summed E-state index contributed by atoms with van der Waals surface area (Å²) in [6, 6.07) is 21.2. The monoisotopic (exact) mass is 376 g/mol. The fourth-order valence-corrected chi connectivity index (χ4v) is 4.34. The van der Waals surface area contributed by atoms with Gasteiger partial charge in [0.2, 0.25) is 0 Å². The molecule has 1 aromatic heterocycles. The molecule has 2 aromatic carbocycles. The quantitative estimate of drug-likeness (QED) is 0.734. The van der Waals surface area contributed by atoms with E-state index in [2.05, 4.69) is 17.4 Å². The van der Waals surface area contributed by atoms with Crippen LogP contribution in [-0.2, 0) is 12.8 Å². The Balaban J connectivity index is 1.41. The van der Waals surface area contributed by atoms with Crippen LogP contribution in [0, 0.1) is 0 Å². The molecule has 0 unspecified atom stereocenters. The number of hydrogen-bond acceptors (Lipinski definition) is 3. The molecule has 0 atom stereocenters. The lowest BCUT2D eigenvalue weighted by molar-refractivity contribution is 0.0955. The van der Waals surface area contributed by atoms with E-state index in [4.69, 9.17) is 0 Å². The van der Waals surface area contributed by atoms with E-state index in [1.165, 1.54) is 16.9 Å². The summed E-state index contributed by atoms with van der Waals surface area (Å²) in [7, 11) is 0. The van der Waals surface area contributed by atoms with Crippen molar-refractivity contribution in [2.24, 2.45) is 0 Å². The molecule has 0 spiro atoms. The van der Waals surface area contributed by atoms with Crippen LogP contribution in [0.3, 0.4) is 0 Å². The lowest BCUT2D eigenvalue weighted by Gasteiger charge is -2.16. The lowest BCUT2D eigenvalue weighted by Crippen LogP contribution is -2.29. The van der Waals surface area contributed by atoms with E-state index < -0.39 is 0 Å². The molecule has 2 amide bonds. The summed E-state index contributed by atoms with van der Waals surface area (Å²) in [4.78, 5) is 28.8. The summed E-state index contributed by atoms with van der Waals surface area (Å²) in [5, 5.41) is 2.98. The Hall–Kier alpha value is -2.92. The predicted molar refractivity (Wildman–Crippen MR) is 109 cm³/mol. The summed E-state index contributed by atoms with van der Waals surface area (Å²) < 4.78 is 0. The van der Waals surface area contributed by atoms with Crippen LogP contribution in [0.2, 0.25) is 0 Å². The van der Waals surface area contributed by atoms with Gasteiger partial charge in [-0.25, -0.2) is 0 Å². The van der Waals surface area contributed by atoms with E-state index in [1.54, 1.807) is 4.90 Å². The van der Waals surface area contributed by atoms with Crippen molar-refractivity contribution in [3.8, 4) is 0 Å². The molecule has 0 aliphatic carbocycles. The zero-order valence-corrected chi connectivity index (χ0v) is 15.7. The van der Waals surface area contributed by atoms with Crippen molar-refractivity contribution in [2.75, 3.05) is 18.0 Å². The fraction of sp³-hybridized carbons (Fsp3) is 0.182. The number of benzene rings is 2. The van der Waals surface area contributed by atoms with E-state index >= 15 is 0 Å². The largest absolute Gasteiger partial charge is 0.351 e. The minimum Gasteiger partial charge on any atom is -0.351 e. The van der Waals surface area contributed by atoms with E-state index in [1.807, 2.05) is 54.6 Å². The number of anilines is 1. The van der Waals surface area contributed by atoms with Gasteiger partial charge in [-0.1, -0.05) is 48.5 Å². The standard InChI is InChI=1S/C22H20N2O2S/c25-21(23-13-11-16-7-3-1-4-8-16)20-15-18-19(27-20)12-14-24(18)22(26)17-9-5-2-6-10-17/h1-10,15H,11-14H2,(H,23,25). The minimum absolute atomic E-state index is 0.0109. The van der Waals surface area contributed by atoms with E-state index in [0.29, 0.717) is 23.5 Å². The Kier molecular flexibility index (Phi) is 5.03. The highest BCUT2D eigenvalue weighted by molar-refractivity contribution is 7.14. The van der Waals surface area contributed by atoms with Crippen LogP contribution in [0.1, 0.15) is 30.5 Å². The molecule has 1 aliphatic rings. The van der Waals surface area contributed by atoms with Crippen molar-refractivity contribution >= 4 is 28.8 Å². The van der Waals surface area contributed by atoms with Crippen molar-refractivity contribution in [1.82, 2.24) is 5.32 Å². The van der Waals surface area contributed by atoms with Gasteiger partial charge in [0.1, 0.15) is 0 Å². The molecule has 1 N–H and O–H groups in total. The Morgan fingerprint density at radius 1 is 1.00 bits per heavy atom. The molecule has 0 fully saturated rings. The lowest BCUT2D eigenvalue weighted by atomic mass is 10.1. The molecule has 4 nitrogen and oxygen atoms in total. The summed E-state index contributed by atoms with van der Waals surface area (Å²) in [6.45, 7) is 1.27. The van der Waals surface area contributed by atoms with Crippen molar-refractivity contribution in [2.45, 2.75) is 12.8 Å². The number of hydrogen-bond donors (Lipinski definition) is 1. The first kappa shape index (κ1) is 17.5. The second kappa shape index (κ2) is 7.76. The molecule has 4 rings (SSSR count). The predicted octanol–water partition coefficient (Wildman–Crippen LogP) is 3.92.